The smallest absolute Gasteiger partial charge is 0.220 e. The van der Waals surface area contributed by atoms with E-state index in [4.69, 9.17) is 5.73 Å². The topological polar surface area (TPSA) is 55.1 Å². The molecule has 0 aromatic rings. The van der Waals surface area contributed by atoms with Crippen LogP contribution in [0.25, 0.3) is 0 Å². The number of hydrogen-bond donors (Lipinski definition) is 2. The average Bonchev–Trinajstić information content (AvgIpc) is 2.53. The fourth-order valence-corrected chi connectivity index (χ4v) is 2.95. The number of amides is 1. The number of rotatable bonds is 6. The fourth-order valence-electron chi connectivity index (χ4n) is 2.95. The van der Waals surface area contributed by atoms with Gasteiger partial charge in [0.15, 0.2) is 0 Å². The molecule has 1 aliphatic carbocycles. The molecule has 3 heteroatoms. The van der Waals surface area contributed by atoms with E-state index in [0.717, 1.165) is 19.3 Å². The van der Waals surface area contributed by atoms with Crippen molar-refractivity contribution in [2.24, 2.45) is 17.1 Å². The monoisotopic (exact) mass is 268 g/mol. The molecule has 0 aromatic heterocycles. The Morgan fingerprint density at radius 1 is 1.21 bits per heavy atom. The van der Waals surface area contributed by atoms with Gasteiger partial charge < -0.3 is 11.1 Å². The third-order valence-corrected chi connectivity index (χ3v) is 4.56. The molecule has 3 nitrogen and oxygen atoms in total. The lowest BCUT2D eigenvalue weighted by Crippen LogP contribution is -2.39. The molecule has 0 saturated heterocycles. The van der Waals surface area contributed by atoms with E-state index < -0.39 is 0 Å². The molecule has 1 saturated carbocycles. The molecule has 1 aliphatic rings. The summed E-state index contributed by atoms with van der Waals surface area (Å²) in [4.78, 5) is 12.1. The van der Waals surface area contributed by atoms with Crippen molar-refractivity contribution in [3.63, 3.8) is 0 Å². The second kappa shape index (κ2) is 7.88. The van der Waals surface area contributed by atoms with Gasteiger partial charge in [-0.3, -0.25) is 4.79 Å². The van der Waals surface area contributed by atoms with Crippen LogP contribution in [0.5, 0.6) is 0 Å². The number of carbonyl (C=O) groups excluding carboxylic acids is 1. The molecule has 1 rings (SSSR count). The van der Waals surface area contributed by atoms with Crippen LogP contribution in [0.3, 0.4) is 0 Å². The van der Waals surface area contributed by atoms with E-state index in [1.54, 1.807) is 0 Å². The summed E-state index contributed by atoms with van der Waals surface area (Å²) in [5.41, 5.74) is 5.79. The van der Waals surface area contributed by atoms with Gasteiger partial charge in [0.1, 0.15) is 0 Å². The first-order valence-electron chi connectivity index (χ1n) is 7.94. The van der Waals surface area contributed by atoms with Crippen LogP contribution in [0, 0.1) is 11.3 Å². The van der Waals surface area contributed by atoms with E-state index in [-0.39, 0.29) is 11.3 Å². The third-order valence-electron chi connectivity index (χ3n) is 4.56. The number of hydrogen-bond acceptors (Lipinski definition) is 2. The average molecular weight is 268 g/mol. The fraction of sp³-hybridized carbons (Fsp3) is 0.938. The number of carbonyl (C=O) groups is 1. The molecule has 0 heterocycles. The summed E-state index contributed by atoms with van der Waals surface area (Å²) in [5.74, 6) is 0.854. The van der Waals surface area contributed by atoms with Gasteiger partial charge in [0.2, 0.25) is 5.91 Å². The van der Waals surface area contributed by atoms with E-state index in [2.05, 4.69) is 26.1 Å². The summed E-state index contributed by atoms with van der Waals surface area (Å²) >= 11 is 0. The van der Waals surface area contributed by atoms with Crippen molar-refractivity contribution < 1.29 is 4.79 Å². The van der Waals surface area contributed by atoms with Crippen molar-refractivity contribution in [2.75, 3.05) is 6.54 Å². The summed E-state index contributed by atoms with van der Waals surface area (Å²) in [5, 5.41) is 3.25. The Labute approximate surface area is 118 Å². The normalized spacial score (nSPS) is 24.8. The Kier molecular flexibility index (Phi) is 6.84. The number of nitrogens with one attached hydrogen (secondary N) is 1. The highest BCUT2D eigenvalue weighted by Gasteiger charge is 2.23. The maximum atomic E-state index is 12.1. The predicted molar refractivity (Wildman–Crippen MR) is 80.9 cm³/mol. The minimum Gasteiger partial charge on any atom is -0.353 e. The van der Waals surface area contributed by atoms with Crippen molar-refractivity contribution in [3.8, 4) is 0 Å². The van der Waals surface area contributed by atoms with Gasteiger partial charge in [0.25, 0.3) is 0 Å². The summed E-state index contributed by atoms with van der Waals surface area (Å²) in [6.07, 6.45) is 8.85. The lowest BCUT2D eigenvalue weighted by molar-refractivity contribution is -0.122. The van der Waals surface area contributed by atoms with Gasteiger partial charge in [-0.1, -0.05) is 40.0 Å². The maximum Gasteiger partial charge on any atom is 0.220 e. The van der Waals surface area contributed by atoms with E-state index in [1.165, 1.54) is 25.7 Å². The highest BCUT2D eigenvalue weighted by molar-refractivity contribution is 5.76. The molecule has 0 aliphatic heterocycles. The summed E-state index contributed by atoms with van der Waals surface area (Å²) in [6.45, 7) is 7.37. The Bertz CT molecular complexity index is 276. The second-order valence-electron chi connectivity index (χ2n) is 6.99. The third kappa shape index (κ3) is 6.42. The zero-order valence-corrected chi connectivity index (χ0v) is 13.0. The zero-order chi connectivity index (χ0) is 14.3. The highest BCUT2D eigenvalue weighted by atomic mass is 16.1. The molecule has 1 fully saturated rings. The van der Waals surface area contributed by atoms with E-state index >= 15 is 0 Å². The first-order valence-corrected chi connectivity index (χ1v) is 7.94. The zero-order valence-electron chi connectivity index (χ0n) is 13.0. The van der Waals surface area contributed by atoms with Gasteiger partial charge >= 0.3 is 0 Å². The van der Waals surface area contributed by atoms with Gasteiger partial charge in [0.05, 0.1) is 0 Å². The molecular weight excluding hydrogens is 236 g/mol. The van der Waals surface area contributed by atoms with Crippen LogP contribution in [0.15, 0.2) is 0 Å². The molecule has 2 atom stereocenters. The van der Waals surface area contributed by atoms with Gasteiger partial charge in [-0.05, 0) is 43.6 Å². The molecule has 0 aromatic carbocycles. The van der Waals surface area contributed by atoms with E-state index in [1.807, 2.05) is 0 Å². The van der Waals surface area contributed by atoms with Crippen LogP contribution in [0.4, 0.5) is 0 Å². The summed E-state index contributed by atoms with van der Waals surface area (Å²) in [7, 11) is 0. The Balaban J connectivity index is 2.33. The second-order valence-corrected chi connectivity index (χ2v) is 6.99. The highest BCUT2D eigenvalue weighted by Crippen LogP contribution is 2.26. The molecule has 0 bridgehead atoms. The van der Waals surface area contributed by atoms with Gasteiger partial charge in [-0.25, -0.2) is 0 Å². The predicted octanol–water partition coefficient (Wildman–Crippen LogP) is 3.23. The van der Waals surface area contributed by atoms with Crippen molar-refractivity contribution in [2.45, 2.75) is 78.2 Å². The first kappa shape index (κ1) is 16.5. The minimum absolute atomic E-state index is 0.182. The Morgan fingerprint density at radius 2 is 1.89 bits per heavy atom. The largest absolute Gasteiger partial charge is 0.353 e. The lowest BCUT2D eigenvalue weighted by Gasteiger charge is -2.26. The quantitative estimate of drug-likeness (QED) is 0.727. The molecule has 112 valence electrons. The van der Waals surface area contributed by atoms with Crippen molar-refractivity contribution in [3.05, 3.63) is 0 Å². The van der Waals surface area contributed by atoms with Crippen LogP contribution < -0.4 is 11.1 Å². The van der Waals surface area contributed by atoms with Crippen LogP contribution in [0.2, 0.25) is 0 Å². The maximum absolute atomic E-state index is 12.1. The summed E-state index contributed by atoms with van der Waals surface area (Å²) in [6, 6.07) is 0.396. The van der Waals surface area contributed by atoms with Crippen LogP contribution in [-0.2, 0) is 4.79 Å². The molecular formula is C16H32N2O. The van der Waals surface area contributed by atoms with E-state index in [9.17, 15) is 4.79 Å². The van der Waals surface area contributed by atoms with Gasteiger partial charge in [-0.2, -0.15) is 0 Å². The molecule has 3 N–H and O–H groups in total. The first-order chi connectivity index (χ1) is 8.94. The minimum atomic E-state index is 0.182. The molecule has 0 spiro atoms. The standard InChI is InChI=1S/C16H32N2O/c1-13-7-5-4-6-8-14(13)18-15(19)9-10-16(2,3)11-12-17/h13-14H,4-12,17H2,1-3H3,(H,18,19). The van der Waals surface area contributed by atoms with Crippen molar-refractivity contribution in [1.82, 2.24) is 5.32 Å². The number of nitrogens with two attached hydrogens (primary N) is 1. The molecule has 0 radical (unpaired) electrons. The van der Waals surface area contributed by atoms with Crippen molar-refractivity contribution in [1.29, 1.82) is 0 Å². The lowest BCUT2D eigenvalue weighted by atomic mass is 9.84. The Hall–Kier alpha value is -0.570. The summed E-state index contributed by atoms with van der Waals surface area (Å²) < 4.78 is 0. The van der Waals surface area contributed by atoms with Gasteiger partial charge in [-0.15, -0.1) is 0 Å². The molecule has 19 heavy (non-hydrogen) atoms. The van der Waals surface area contributed by atoms with Crippen LogP contribution in [0.1, 0.15) is 72.1 Å². The SMILES string of the molecule is CC1CCCCCC1NC(=O)CCC(C)(C)CCN. The van der Waals surface area contributed by atoms with Gasteiger partial charge in [0, 0.05) is 12.5 Å². The van der Waals surface area contributed by atoms with Crippen LogP contribution >= 0.6 is 0 Å². The van der Waals surface area contributed by atoms with Crippen LogP contribution in [-0.4, -0.2) is 18.5 Å². The molecule has 1 amide bonds. The Morgan fingerprint density at radius 3 is 2.58 bits per heavy atom. The van der Waals surface area contributed by atoms with E-state index in [0.29, 0.717) is 24.9 Å². The molecule has 2 unspecified atom stereocenters. The van der Waals surface area contributed by atoms with Crippen molar-refractivity contribution >= 4 is 5.91 Å².